The van der Waals surface area contributed by atoms with Crippen LogP contribution < -0.4 is 10.1 Å². The number of hydrogen-bond acceptors (Lipinski definition) is 6. The van der Waals surface area contributed by atoms with E-state index in [1.54, 1.807) is 17.8 Å². The number of hydrogen-bond donors (Lipinski definition) is 1. The zero-order chi connectivity index (χ0) is 17.1. The summed E-state index contributed by atoms with van der Waals surface area (Å²) >= 11 is 1.31. The lowest BCUT2D eigenvalue weighted by molar-refractivity contribution is 0.102. The average molecular weight is 355 g/mol. The predicted octanol–water partition coefficient (Wildman–Crippen LogP) is 3.36. The van der Waals surface area contributed by atoms with Gasteiger partial charge in [0.1, 0.15) is 0 Å². The summed E-state index contributed by atoms with van der Waals surface area (Å²) in [6, 6.07) is 7.58. The Kier molecular flexibility index (Phi) is 4.58. The molecule has 1 aliphatic heterocycles. The Hall–Kier alpha value is -2.51. The standard InChI is InChI=1S/C18H17N3O3S/c22-16(18-20-6-8-25-18)21-14-1-2-15-13(9-14)3-5-19-17(15)24-11-12-4-7-23-10-12/h1-3,5-6,8-9,12H,4,7,10-11H2,(H,21,22). The fourth-order valence-electron chi connectivity index (χ4n) is 2.77. The van der Waals surface area contributed by atoms with Crippen molar-refractivity contribution in [3.63, 3.8) is 0 Å². The SMILES string of the molecule is O=C(Nc1ccc2c(OCC3CCOC3)nccc2c1)c1nccs1. The molecule has 0 saturated carbocycles. The van der Waals surface area contributed by atoms with Crippen molar-refractivity contribution in [2.75, 3.05) is 25.1 Å². The van der Waals surface area contributed by atoms with Gasteiger partial charge < -0.3 is 14.8 Å². The van der Waals surface area contributed by atoms with Gasteiger partial charge in [0.05, 0.1) is 13.2 Å². The molecule has 6 nitrogen and oxygen atoms in total. The summed E-state index contributed by atoms with van der Waals surface area (Å²) in [7, 11) is 0. The molecule has 1 saturated heterocycles. The van der Waals surface area contributed by atoms with E-state index in [0.29, 0.717) is 29.1 Å². The fourth-order valence-corrected chi connectivity index (χ4v) is 3.31. The molecule has 25 heavy (non-hydrogen) atoms. The monoisotopic (exact) mass is 355 g/mol. The van der Waals surface area contributed by atoms with Gasteiger partial charge in [-0.2, -0.15) is 0 Å². The number of nitrogens with zero attached hydrogens (tertiary/aromatic N) is 2. The molecule has 3 heterocycles. The number of anilines is 1. The smallest absolute Gasteiger partial charge is 0.284 e. The van der Waals surface area contributed by atoms with E-state index in [0.717, 1.165) is 30.4 Å². The summed E-state index contributed by atoms with van der Waals surface area (Å²) in [6.45, 7) is 2.16. The molecule has 3 aromatic rings. The maximum absolute atomic E-state index is 12.1. The van der Waals surface area contributed by atoms with Crippen LogP contribution in [0.3, 0.4) is 0 Å². The highest BCUT2D eigenvalue weighted by Gasteiger charge is 2.17. The van der Waals surface area contributed by atoms with Crippen LogP contribution in [-0.4, -0.2) is 35.7 Å². The van der Waals surface area contributed by atoms with Gasteiger partial charge in [0, 0.05) is 41.4 Å². The number of nitrogens with one attached hydrogen (secondary N) is 1. The van der Waals surface area contributed by atoms with Gasteiger partial charge in [0.15, 0.2) is 5.01 Å². The van der Waals surface area contributed by atoms with E-state index in [9.17, 15) is 4.79 Å². The molecule has 1 aliphatic rings. The lowest BCUT2D eigenvalue weighted by Gasteiger charge is -2.12. The summed E-state index contributed by atoms with van der Waals surface area (Å²) in [4.78, 5) is 20.5. The van der Waals surface area contributed by atoms with Crippen molar-refractivity contribution in [2.45, 2.75) is 6.42 Å². The number of aromatic nitrogens is 2. The third-order valence-electron chi connectivity index (χ3n) is 4.09. The summed E-state index contributed by atoms with van der Waals surface area (Å²) in [6.07, 6.45) is 4.36. The second-order valence-electron chi connectivity index (χ2n) is 5.88. The minimum atomic E-state index is -0.207. The zero-order valence-corrected chi connectivity index (χ0v) is 14.3. The van der Waals surface area contributed by atoms with Crippen LogP contribution in [0.25, 0.3) is 10.8 Å². The van der Waals surface area contributed by atoms with Crippen molar-refractivity contribution >= 4 is 33.7 Å². The molecule has 0 bridgehead atoms. The molecular weight excluding hydrogens is 338 g/mol. The Bertz CT molecular complexity index is 876. The number of fused-ring (bicyclic) bond motifs is 1. The number of carbonyl (C=O) groups excluding carboxylic acids is 1. The van der Waals surface area contributed by atoms with Gasteiger partial charge in [-0.1, -0.05) is 0 Å². The number of pyridine rings is 1. The number of rotatable bonds is 5. The van der Waals surface area contributed by atoms with Gasteiger partial charge in [-0.3, -0.25) is 4.79 Å². The Labute approximate surface area is 148 Å². The van der Waals surface area contributed by atoms with Crippen LogP contribution in [0.2, 0.25) is 0 Å². The van der Waals surface area contributed by atoms with Gasteiger partial charge in [-0.25, -0.2) is 9.97 Å². The van der Waals surface area contributed by atoms with E-state index in [1.807, 2.05) is 24.3 Å². The van der Waals surface area contributed by atoms with Gasteiger partial charge in [-0.05, 0) is 36.1 Å². The Morgan fingerprint density at radius 3 is 3.08 bits per heavy atom. The van der Waals surface area contributed by atoms with E-state index in [4.69, 9.17) is 9.47 Å². The van der Waals surface area contributed by atoms with E-state index < -0.39 is 0 Å². The van der Waals surface area contributed by atoms with E-state index in [2.05, 4.69) is 15.3 Å². The number of benzene rings is 1. The average Bonchev–Trinajstić information content (AvgIpc) is 3.33. The van der Waals surface area contributed by atoms with Crippen LogP contribution in [-0.2, 0) is 4.74 Å². The van der Waals surface area contributed by atoms with Crippen molar-refractivity contribution in [1.82, 2.24) is 9.97 Å². The summed E-state index contributed by atoms with van der Waals surface area (Å²) in [5, 5.41) is 6.97. The molecular formula is C18H17N3O3S. The van der Waals surface area contributed by atoms with Crippen LogP contribution >= 0.6 is 11.3 Å². The van der Waals surface area contributed by atoms with Crippen LogP contribution in [0.15, 0.2) is 42.0 Å². The quantitative estimate of drug-likeness (QED) is 0.760. The molecule has 1 fully saturated rings. The topological polar surface area (TPSA) is 73.3 Å². The first-order chi connectivity index (χ1) is 12.3. The van der Waals surface area contributed by atoms with E-state index in [1.165, 1.54) is 11.3 Å². The van der Waals surface area contributed by atoms with Gasteiger partial charge >= 0.3 is 0 Å². The molecule has 128 valence electrons. The molecule has 0 radical (unpaired) electrons. The minimum absolute atomic E-state index is 0.207. The van der Waals surface area contributed by atoms with Crippen LogP contribution in [0.4, 0.5) is 5.69 Å². The first-order valence-electron chi connectivity index (χ1n) is 8.10. The number of ether oxygens (including phenoxy) is 2. The number of carbonyl (C=O) groups is 1. The Balaban J connectivity index is 1.51. The maximum atomic E-state index is 12.1. The zero-order valence-electron chi connectivity index (χ0n) is 13.5. The van der Waals surface area contributed by atoms with Gasteiger partial charge in [0.25, 0.3) is 5.91 Å². The third kappa shape index (κ3) is 3.62. The van der Waals surface area contributed by atoms with E-state index >= 15 is 0 Å². The summed E-state index contributed by atoms with van der Waals surface area (Å²) in [5.41, 5.74) is 0.717. The lowest BCUT2D eigenvalue weighted by Crippen LogP contribution is -2.12. The fraction of sp³-hybridized carbons (Fsp3) is 0.278. The lowest BCUT2D eigenvalue weighted by atomic mass is 10.1. The number of amides is 1. The van der Waals surface area contributed by atoms with Crippen molar-refractivity contribution in [1.29, 1.82) is 0 Å². The van der Waals surface area contributed by atoms with Crippen LogP contribution in [0.5, 0.6) is 5.88 Å². The first kappa shape index (κ1) is 16.0. The predicted molar refractivity (Wildman–Crippen MR) is 96.2 cm³/mol. The highest BCUT2D eigenvalue weighted by molar-refractivity contribution is 7.11. The minimum Gasteiger partial charge on any atom is -0.477 e. The molecule has 1 N–H and O–H groups in total. The summed E-state index contributed by atoms with van der Waals surface area (Å²) < 4.78 is 11.3. The highest BCUT2D eigenvalue weighted by atomic mass is 32.1. The molecule has 0 aliphatic carbocycles. The highest BCUT2D eigenvalue weighted by Crippen LogP contribution is 2.27. The summed E-state index contributed by atoms with van der Waals surface area (Å²) in [5.74, 6) is 0.831. The second kappa shape index (κ2) is 7.16. The molecule has 7 heteroatoms. The maximum Gasteiger partial charge on any atom is 0.284 e. The molecule has 4 rings (SSSR count). The van der Waals surface area contributed by atoms with Crippen molar-refractivity contribution in [3.05, 3.63) is 47.0 Å². The van der Waals surface area contributed by atoms with Crippen molar-refractivity contribution < 1.29 is 14.3 Å². The normalized spacial score (nSPS) is 16.9. The Morgan fingerprint density at radius 2 is 2.28 bits per heavy atom. The first-order valence-corrected chi connectivity index (χ1v) is 8.98. The van der Waals surface area contributed by atoms with Gasteiger partial charge in [-0.15, -0.1) is 11.3 Å². The van der Waals surface area contributed by atoms with Crippen LogP contribution in [0, 0.1) is 5.92 Å². The molecule has 2 aromatic heterocycles. The molecule has 1 amide bonds. The van der Waals surface area contributed by atoms with Crippen molar-refractivity contribution in [2.24, 2.45) is 5.92 Å². The molecule has 1 unspecified atom stereocenters. The third-order valence-corrected chi connectivity index (χ3v) is 4.86. The second-order valence-corrected chi connectivity index (χ2v) is 6.78. The molecule has 1 atom stereocenters. The molecule has 0 spiro atoms. The number of thiazole rings is 1. The molecule has 1 aromatic carbocycles. The van der Waals surface area contributed by atoms with Crippen molar-refractivity contribution in [3.8, 4) is 5.88 Å². The van der Waals surface area contributed by atoms with Crippen LogP contribution in [0.1, 0.15) is 16.2 Å². The van der Waals surface area contributed by atoms with Gasteiger partial charge in [0.2, 0.25) is 5.88 Å². The van der Waals surface area contributed by atoms with E-state index in [-0.39, 0.29) is 5.91 Å². The Morgan fingerprint density at radius 1 is 1.32 bits per heavy atom. The largest absolute Gasteiger partial charge is 0.477 e.